The van der Waals surface area contributed by atoms with Crippen molar-refractivity contribution in [2.24, 2.45) is 0 Å². The van der Waals surface area contributed by atoms with Gasteiger partial charge >= 0.3 is 0 Å². The van der Waals surface area contributed by atoms with Gasteiger partial charge in [0.05, 0.1) is 18.3 Å². The molecule has 27 heavy (non-hydrogen) atoms. The van der Waals surface area contributed by atoms with Gasteiger partial charge in [-0.3, -0.25) is 4.79 Å². The fourth-order valence-electron chi connectivity index (χ4n) is 3.29. The van der Waals surface area contributed by atoms with Gasteiger partial charge in [-0.2, -0.15) is 4.52 Å². The summed E-state index contributed by atoms with van der Waals surface area (Å²) in [6, 6.07) is 10.00. The number of amides is 1. The molecule has 0 radical (unpaired) electrons. The van der Waals surface area contributed by atoms with Crippen LogP contribution in [0.15, 0.2) is 41.0 Å². The van der Waals surface area contributed by atoms with E-state index in [1.165, 1.54) is 11.1 Å². The molecule has 1 amide bonds. The van der Waals surface area contributed by atoms with Gasteiger partial charge in [0, 0.05) is 23.9 Å². The molecule has 1 aromatic carbocycles. The number of benzene rings is 1. The summed E-state index contributed by atoms with van der Waals surface area (Å²) in [5.74, 6) is 0.803. The Labute approximate surface area is 156 Å². The maximum atomic E-state index is 12.5. The van der Waals surface area contributed by atoms with Crippen LogP contribution in [0.4, 0.5) is 0 Å². The van der Waals surface area contributed by atoms with Crippen molar-refractivity contribution in [2.75, 3.05) is 0 Å². The summed E-state index contributed by atoms with van der Waals surface area (Å²) in [6.07, 6.45) is 2.04. The number of carbonyl (C=O) groups is 1. The van der Waals surface area contributed by atoms with Crippen LogP contribution in [-0.2, 0) is 17.9 Å². The first-order valence-electron chi connectivity index (χ1n) is 8.98. The molecule has 0 unspecified atom stereocenters. The Morgan fingerprint density at radius 3 is 2.74 bits per heavy atom. The van der Waals surface area contributed by atoms with Crippen LogP contribution in [0, 0.1) is 13.8 Å². The van der Waals surface area contributed by atoms with E-state index in [4.69, 9.17) is 4.42 Å². The van der Waals surface area contributed by atoms with Gasteiger partial charge < -0.3 is 9.32 Å². The molecule has 0 bridgehead atoms. The molecule has 0 spiro atoms. The Hall–Kier alpha value is -3.22. The standard InChI is InChI=1S/C20H21N5O2/c1-4-19(26)24(12-17-6-5-7-27-17)11-16-10-15-8-13(2)14(3)9-18(15)25-20(16)21-22-23-25/h5-10H,4,11-12H2,1-3H3. The molecule has 0 atom stereocenters. The summed E-state index contributed by atoms with van der Waals surface area (Å²) < 4.78 is 7.18. The van der Waals surface area contributed by atoms with Gasteiger partial charge in [0.2, 0.25) is 5.91 Å². The van der Waals surface area contributed by atoms with E-state index in [2.05, 4.69) is 47.6 Å². The number of hydrogen-bond donors (Lipinski definition) is 0. The van der Waals surface area contributed by atoms with Crippen LogP contribution in [0.3, 0.4) is 0 Å². The van der Waals surface area contributed by atoms with Crippen molar-refractivity contribution < 1.29 is 9.21 Å². The highest BCUT2D eigenvalue weighted by atomic mass is 16.3. The normalized spacial score (nSPS) is 11.4. The Morgan fingerprint density at radius 2 is 2.00 bits per heavy atom. The number of nitrogens with zero attached hydrogens (tertiary/aromatic N) is 5. The highest BCUT2D eigenvalue weighted by molar-refractivity contribution is 5.85. The van der Waals surface area contributed by atoms with Crippen LogP contribution in [-0.4, -0.2) is 30.8 Å². The van der Waals surface area contributed by atoms with Gasteiger partial charge in [0.1, 0.15) is 5.76 Å². The first-order chi connectivity index (χ1) is 13.1. The Kier molecular flexibility index (Phi) is 4.35. The van der Waals surface area contributed by atoms with Gasteiger partial charge in [-0.15, -0.1) is 5.10 Å². The number of hydrogen-bond acceptors (Lipinski definition) is 5. The third-order valence-corrected chi connectivity index (χ3v) is 4.90. The van der Waals surface area contributed by atoms with Crippen LogP contribution in [0.25, 0.3) is 16.6 Å². The number of tetrazole rings is 1. The topological polar surface area (TPSA) is 76.5 Å². The SMILES string of the molecule is CCC(=O)N(Cc1ccco1)Cc1cc2cc(C)c(C)cc2n2nnnc12. The zero-order valence-electron chi connectivity index (χ0n) is 15.6. The fourth-order valence-corrected chi connectivity index (χ4v) is 3.29. The van der Waals surface area contributed by atoms with E-state index >= 15 is 0 Å². The Bertz CT molecular complexity index is 1110. The summed E-state index contributed by atoms with van der Waals surface area (Å²) in [6.45, 7) is 6.85. The average molecular weight is 363 g/mol. The minimum atomic E-state index is 0.0530. The van der Waals surface area contributed by atoms with Gasteiger partial charge in [0.25, 0.3) is 0 Å². The van der Waals surface area contributed by atoms with Crippen molar-refractivity contribution in [2.45, 2.75) is 40.3 Å². The summed E-state index contributed by atoms with van der Waals surface area (Å²) >= 11 is 0. The molecular weight excluding hydrogens is 342 g/mol. The van der Waals surface area contributed by atoms with Gasteiger partial charge in [-0.05, 0) is 65.7 Å². The maximum absolute atomic E-state index is 12.5. The number of pyridine rings is 1. The summed E-state index contributed by atoms with van der Waals surface area (Å²) in [7, 11) is 0. The molecule has 0 aliphatic rings. The smallest absolute Gasteiger partial charge is 0.222 e. The summed E-state index contributed by atoms with van der Waals surface area (Å²) in [4.78, 5) is 14.3. The maximum Gasteiger partial charge on any atom is 0.222 e. The molecule has 3 aromatic heterocycles. The second kappa shape index (κ2) is 6.83. The minimum absolute atomic E-state index is 0.0530. The predicted octanol–water partition coefficient (Wildman–Crippen LogP) is 3.43. The van der Waals surface area contributed by atoms with Crippen LogP contribution < -0.4 is 0 Å². The number of furan rings is 1. The van der Waals surface area contributed by atoms with E-state index in [9.17, 15) is 4.79 Å². The third-order valence-electron chi connectivity index (χ3n) is 4.90. The molecule has 0 saturated carbocycles. The first kappa shape index (κ1) is 17.2. The minimum Gasteiger partial charge on any atom is -0.467 e. The molecule has 0 aliphatic carbocycles. The zero-order chi connectivity index (χ0) is 19.0. The molecule has 7 nitrogen and oxygen atoms in total. The lowest BCUT2D eigenvalue weighted by Gasteiger charge is -2.21. The van der Waals surface area contributed by atoms with Crippen molar-refractivity contribution in [1.29, 1.82) is 0 Å². The number of aryl methyl sites for hydroxylation is 2. The van der Waals surface area contributed by atoms with E-state index in [-0.39, 0.29) is 5.91 Å². The Morgan fingerprint density at radius 1 is 1.19 bits per heavy atom. The van der Waals surface area contributed by atoms with Crippen LogP contribution >= 0.6 is 0 Å². The van der Waals surface area contributed by atoms with E-state index < -0.39 is 0 Å². The lowest BCUT2D eigenvalue weighted by atomic mass is 10.0. The lowest BCUT2D eigenvalue weighted by molar-refractivity contribution is -0.132. The highest BCUT2D eigenvalue weighted by Crippen LogP contribution is 2.24. The van der Waals surface area contributed by atoms with Crippen molar-refractivity contribution in [3.8, 4) is 0 Å². The Balaban J connectivity index is 1.79. The summed E-state index contributed by atoms with van der Waals surface area (Å²) in [5.41, 5.74) is 4.93. The van der Waals surface area contributed by atoms with Crippen LogP contribution in [0.5, 0.6) is 0 Å². The number of carbonyl (C=O) groups excluding carboxylic acids is 1. The van der Waals surface area contributed by atoms with Crippen molar-refractivity contribution in [3.05, 3.63) is 59.0 Å². The lowest BCUT2D eigenvalue weighted by Crippen LogP contribution is -2.29. The second-order valence-electron chi connectivity index (χ2n) is 6.76. The van der Waals surface area contributed by atoms with Gasteiger partial charge in [0.15, 0.2) is 5.65 Å². The van der Waals surface area contributed by atoms with Gasteiger partial charge in [-0.1, -0.05) is 6.92 Å². The van der Waals surface area contributed by atoms with Crippen molar-refractivity contribution >= 4 is 22.5 Å². The number of rotatable bonds is 5. The molecule has 0 aliphatic heterocycles. The summed E-state index contributed by atoms with van der Waals surface area (Å²) in [5, 5.41) is 13.3. The number of fused-ring (bicyclic) bond motifs is 3. The van der Waals surface area contributed by atoms with E-state index in [1.807, 2.05) is 19.1 Å². The fraction of sp³-hybridized carbons (Fsp3) is 0.300. The molecule has 4 rings (SSSR count). The number of aromatic nitrogens is 4. The molecule has 3 heterocycles. The molecule has 7 heteroatoms. The van der Waals surface area contributed by atoms with E-state index in [0.717, 1.165) is 22.2 Å². The van der Waals surface area contributed by atoms with Crippen LogP contribution in [0.1, 0.15) is 35.8 Å². The van der Waals surface area contributed by atoms with E-state index in [1.54, 1.807) is 15.7 Å². The third kappa shape index (κ3) is 3.16. The molecule has 138 valence electrons. The zero-order valence-corrected chi connectivity index (χ0v) is 15.6. The van der Waals surface area contributed by atoms with Crippen molar-refractivity contribution in [1.82, 2.24) is 24.9 Å². The monoisotopic (exact) mass is 363 g/mol. The second-order valence-corrected chi connectivity index (χ2v) is 6.76. The highest BCUT2D eigenvalue weighted by Gasteiger charge is 2.18. The van der Waals surface area contributed by atoms with Crippen LogP contribution in [0.2, 0.25) is 0 Å². The molecule has 0 saturated heterocycles. The average Bonchev–Trinajstić information content (AvgIpc) is 3.34. The largest absolute Gasteiger partial charge is 0.467 e. The molecule has 0 fully saturated rings. The van der Waals surface area contributed by atoms with Crippen molar-refractivity contribution in [3.63, 3.8) is 0 Å². The van der Waals surface area contributed by atoms with E-state index in [0.29, 0.717) is 25.2 Å². The molecular formula is C20H21N5O2. The van der Waals surface area contributed by atoms with Gasteiger partial charge in [-0.25, -0.2) is 0 Å². The molecule has 4 aromatic rings. The quantitative estimate of drug-likeness (QED) is 0.543. The first-order valence-corrected chi connectivity index (χ1v) is 8.98. The molecule has 0 N–H and O–H groups in total. The predicted molar refractivity (Wildman–Crippen MR) is 101 cm³/mol.